The summed E-state index contributed by atoms with van der Waals surface area (Å²) in [5, 5.41) is 9.03. The number of para-hydroxylation sites is 1. The zero-order chi connectivity index (χ0) is 11.4. The number of aliphatic carboxylic acids is 1. The molecule has 3 heteroatoms. The molecule has 80 valence electrons. The van der Waals surface area contributed by atoms with Gasteiger partial charge in [0.1, 0.15) is 0 Å². The first-order valence-corrected chi connectivity index (χ1v) is 4.98. The van der Waals surface area contributed by atoms with Gasteiger partial charge in [-0.15, -0.1) is 0 Å². The van der Waals surface area contributed by atoms with Gasteiger partial charge in [-0.25, -0.2) is 4.79 Å². The second-order valence-electron chi connectivity index (χ2n) is 3.47. The number of carboxylic acid groups (broad SMARTS) is 1. The number of fused-ring (bicyclic) bond motifs is 1. The molecule has 16 heavy (non-hydrogen) atoms. The zero-order valence-electron chi connectivity index (χ0n) is 8.63. The van der Waals surface area contributed by atoms with Crippen LogP contribution in [0.5, 0.6) is 0 Å². The van der Waals surface area contributed by atoms with Gasteiger partial charge in [0.15, 0.2) is 0 Å². The first-order chi connectivity index (χ1) is 7.77. The van der Waals surface area contributed by atoms with Crippen LogP contribution in [-0.2, 0) is 11.2 Å². The third-order valence-electron chi connectivity index (χ3n) is 2.36. The molecule has 1 N–H and O–H groups in total. The van der Waals surface area contributed by atoms with E-state index in [-0.39, 0.29) is 0 Å². The highest BCUT2D eigenvalue weighted by Gasteiger charge is 2.10. The lowest BCUT2D eigenvalue weighted by Gasteiger charge is -2.05. The molecule has 1 aliphatic rings. The van der Waals surface area contributed by atoms with Crippen LogP contribution in [0.4, 0.5) is 5.69 Å². The molecule has 1 aromatic rings. The monoisotopic (exact) mass is 213 g/mol. The highest BCUT2D eigenvalue weighted by atomic mass is 16.4. The molecule has 0 atom stereocenters. The molecule has 0 fully saturated rings. The second kappa shape index (κ2) is 4.57. The van der Waals surface area contributed by atoms with Gasteiger partial charge in [-0.05, 0) is 17.7 Å². The second-order valence-corrected chi connectivity index (χ2v) is 3.47. The highest BCUT2D eigenvalue weighted by Crippen LogP contribution is 2.22. The minimum absolute atomic E-state index is 0.370. The molecule has 0 bridgehead atoms. The van der Waals surface area contributed by atoms with Crippen LogP contribution >= 0.6 is 0 Å². The van der Waals surface area contributed by atoms with Crippen molar-refractivity contribution in [2.75, 3.05) is 0 Å². The Labute approximate surface area is 93.5 Å². The number of nitrogens with zero attached hydrogens (tertiary/aromatic N) is 1. The molecule has 2 rings (SSSR count). The number of rotatable bonds is 1. The standard InChI is InChI=1S/C13H11NO2/c15-13(16)11-6-3-4-8-14-12-7-2-1-5-10(12)9-11/h1-8H,9H2,(H,15,16)/b4-3-,11-6+,14-8?. The van der Waals surface area contributed by atoms with E-state index in [9.17, 15) is 4.79 Å². The lowest BCUT2D eigenvalue weighted by molar-refractivity contribution is -0.132. The molecular formula is C13H11NO2. The van der Waals surface area contributed by atoms with E-state index in [0.717, 1.165) is 11.3 Å². The Hall–Kier alpha value is -2.16. The van der Waals surface area contributed by atoms with Crippen molar-refractivity contribution >= 4 is 17.9 Å². The first kappa shape index (κ1) is 10.4. The molecule has 1 aliphatic heterocycles. The molecular weight excluding hydrogens is 202 g/mol. The van der Waals surface area contributed by atoms with Crippen molar-refractivity contribution in [2.45, 2.75) is 6.42 Å². The number of carbonyl (C=O) groups is 1. The van der Waals surface area contributed by atoms with E-state index in [0.29, 0.717) is 12.0 Å². The van der Waals surface area contributed by atoms with Crippen molar-refractivity contribution in [3.05, 3.63) is 53.6 Å². The van der Waals surface area contributed by atoms with Gasteiger partial charge >= 0.3 is 5.97 Å². The largest absolute Gasteiger partial charge is 0.478 e. The van der Waals surface area contributed by atoms with Crippen LogP contribution in [0.25, 0.3) is 0 Å². The van der Waals surface area contributed by atoms with Crippen molar-refractivity contribution in [2.24, 2.45) is 4.99 Å². The Balaban J connectivity index is 2.46. The van der Waals surface area contributed by atoms with Crippen LogP contribution in [0.3, 0.4) is 0 Å². The van der Waals surface area contributed by atoms with Crippen LogP contribution in [0.2, 0.25) is 0 Å². The number of carboxylic acids is 1. The molecule has 1 heterocycles. The summed E-state index contributed by atoms with van der Waals surface area (Å²) in [6, 6.07) is 7.56. The number of hydrogen-bond donors (Lipinski definition) is 1. The fraction of sp³-hybridized carbons (Fsp3) is 0.0769. The molecule has 0 spiro atoms. The Kier molecular flexibility index (Phi) is 2.96. The molecule has 0 amide bonds. The van der Waals surface area contributed by atoms with Gasteiger partial charge in [0.2, 0.25) is 0 Å². The predicted molar refractivity (Wildman–Crippen MR) is 63.2 cm³/mol. The van der Waals surface area contributed by atoms with Gasteiger partial charge in [-0.3, -0.25) is 4.99 Å². The van der Waals surface area contributed by atoms with E-state index < -0.39 is 5.97 Å². The van der Waals surface area contributed by atoms with Crippen LogP contribution in [-0.4, -0.2) is 17.3 Å². The third-order valence-corrected chi connectivity index (χ3v) is 2.36. The van der Waals surface area contributed by atoms with Crippen molar-refractivity contribution in [3.8, 4) is 0 Å². The summed E-state index contributed by atoms with van der Waals surface area (Å²) in [6.07, 6.45) is 7.09. The van der Waals surface area contributed by atoms with Crippen molar-refractivity contribution in [1.82, 2.24) is 0 Å². The molecule has 3 nitrogen and oxygen atoms in total. The molecule has 1 aromatic carbocycles. The zero-order valence-corrected chi connectivity index (χ0v) is 8.63. The fourth-order valence-corrected chi connectivity index (χ4v) is 1.54. The normalized spacial score (nSPS) is 19.6. The van der Waals surface area contributed by atoms with Gasteiger partial charge in [0.05, 0.1) is 5.69 Å². The topological polar surface area (TPSA) is 49.7 Å². The Morgan fingerprint density at radius 2 is 2.06 bits per heavy atom. The summed E-state index contributed by atoms with van der Waals surface area (Å²) in [7, 11) is 0. The van der Waals surface area contributed by atoms with Crippen molar-refractivity contribution < 1.29 is 9.90 Å². The number of hydrogen-bond acceptors (Lipinski definition) is 2. The maximum absolute atomic E-state index is 11.0. The summed E-state index contributed by atoms with van der Waals surface area (Å²) >= 11 is 0. The number of benzene rings is 1. The number of aliphatic imine (C=N–C) groups is 1. The van der Waals surface area contributed by atoms with Gasteiger partial charge < -0.3 is 5.11 Å². The molecule has 0 radical (unpaired) electrons. The first-order valence-electron chi connectivity index (χ1n) is 4.98. The summed E-state index contributed by atoms with van der Waals surface area (Å²) in [4.78, 5) is 15.3. The quantitative estimate of drug-likeness (QED) is 0.779. The number of allylic oxidation sites excluding steroid dienone is 3. The van der Waals surface area contributed by atoms with Crippen LogP contribution in [0.1, 0.15) is 5.56 Å². The lowest BCUT2D eigenvalue weighted by Crippen LogP contribution is -2.03. The SMILES string of the molecule is O=C(O)/C1=C/C=C\C=Nc2ccccc2C1. The summed E-state index contributed by atoms with van der Waals surface area (Å²) in [5.74, 6) is -0.888. The molecule has 0 unspecified atom stereocenters. The maximum atomic E-state index is 11.0. The third kappa shape index (κ3) is 2.25. The van der Waals surface area contributed by atoms with Crippen LogP contribution in [0, 0.1) is 0 Å². The summed E-state index contributed by atoms with van der Waals surface area (Å²) < 4.78 is 0. The molecule has 0 saturated heterocycles. The van der Waals surface area contributed by atoms with Crippen molar-refractivity contribution in [3.63, 3.8) is 0 Å². The van der Waals surface area contributed by atoms with E-state index in [4.69, 9.17) is 5.11 Å². The maximum Gasteiger partial charge on any atom is 0.331 e. The average Bonchev–Trinajstić information content (AvgIpc) is 2.38. The predicted octanol–water partition coefficient (Wildman–Crippen LogP) is 2.51. The smallest absolute Gasteiger partial charge is 0.331 e. The van der Waals surface area contributed by atoms with E-state index in [1.54, 1.807) is 24.4 Å². The van der Waals surface area contributed by atoms with Gasteiger partial charge in [-0.1, -0.05) is 30.4 Å². The lowest BCUT2D eigenvalue weighted by atomic mass is 10.0. The fourth-order valence-electron chi connectivity index (χ4n) is 1.54. The van der Waals surface area contributed by atoms with E-state index in [1.165, 1.54) is 0 Å². The van der Waals surface area contributed by atoms with Crippen LogP contribution in [0.15, 0.2) is 53.1 Å². The van der Waals surface area contributed by atoms with E-state index in [2.05, 4.69) is 4.99 Å². The minimum atomic E-state index is -0.888. The van der Waals surface area contributed by atoms with Crippen LogP contribution < -0.4 is 0 Å². The highest BCUT2D eigenvalue weighted by molar-refractivity contribution is 5.88. The van der Waals surface area contributed by atoms with Crippen molar-refractivity contribution in [1.29, 1.82) is 0 Å². The summed E-state index contributed by atoms with van der Waals surface area (Å²) in [5.41, 5.74) is 2.12. The summed E-state index contributed by atoms with van der Waals surface area (Å²) in [6.45, 7) is 0. The molecule has 0 aromatic heterocycles. The Bertz CT molecular complexity index is 498. The van der Waals surface area contributed by atoms with E-state index in [1.807, 2.05) is 24.3 Å². The van der Waals surface area contributed by atoms with Gasteiger partial charge in [-0.2, -0.15) is 0 Å². The Morgan fingerprint density at radius 3 is 2.88 bits per heavy atom. The molecule has 0 saturated carbocycles. The average molecular weight is 213 g/mol. The van der Waals surface area contributed by atoms with Gasteiger partial charge in [0, 0.05) is 18.2 Å². The van der Waals surface area contributed by atoms with E-state index >= 15 is 0 Å². The molecule has 0 aliphatic carbocycles. The Morgan fingerprint density at radius 1 is 1.25 bits per heavy atom. The minimum Gasteiger partial charge on any atom is -0.478 e. The van der Waals surface area contributed by atoms with Gasteiger partial charge in [0.25, 0.3) is 0 Å².